The molecule has 0 bridgehead atoms. The van der Waals surface area contributed by atoms with Crippen LogP contribution in [0.25, 0.3) is 0 Å². The van der Waals surface area contributed by atoms with Crippen LogP contribution in [0.15, 0.2) is 30.6 Å². The van der Waals surface area contributed by atoms with Crippen molar-refractivity contribution in [3.8, 4) is 17.7 Å². The molecular weight excluding hydrogens is 264 g/mol. The number of rotatable bonds is 5. The largest absolute Gasteiger partial charge is 0.439 e. The second kappa shape index (κ2) is 6.71. The summed E-state index contributed by atoms with van der Waals surface area (Å²) in [6, 6.07) is 9.04. The van der Waals surface area contributed by atoms with Crippen molar-refractivity contribution in [2.75, 3.05) is 11.9 Å². The number of hydrogen-bond donors (Lipinski definition) is 1. The molecule has 1 N–H and O–H groups in total. The summed E-state index contributed by atoms with van der Waals surface area (Å²) in [4.78, 5) is 8.52. The molecule has 0 radical (unpaired) electrons. The Morgan fingerprint density at radius 2 is 1.95 bits per heavy atom. The molecule has 21 heavy (non-hydrogen) atoms. The fourth-order valence-electron chi connectivity index (χ4n) is 2.00. The predicted molar refractivity (Wildman–Crippen MR) is 81.5 cm³/mol. The number of hydrogen-bond acceptors (Lipinski definition) is 5. The first-order valence-electron chi connectivity index (χ1n) is 6.92. The Morgan fingerprint density at radius 1 is 1.24 bits per heavy atom. The molecule has 108 valence electrons. The van der Waals surface area contributed by atoms with E-state index in [1.165, 1.54) is 6.33 Å². The number of nitrogens with one attached hydrogen (secondary N) is 1. The molecule has 0 saturated carbocycles. The van der Waals surface area contributed by atoms with Gasteiger partial charge in [-0.05, 0) is 37.1 Å². The predicted octanol–water partition coefficient (Wildman–Crippen LogP) is 3.70. The summed E-state index contributed by atoms with van der Waals surface area (Å²) in [6.07, 6.45) is 1.49. The molecule has 0 fully saturated rings. The summed E-state index contributed by atoms with van der Waals surface area (Å²) in [6.45, 7) is 6.96. The van der Waals surface area contributed by atoms with Gasteiger partial charge in [0.1, 0.15) is 17.9 Å². The van der Waals surface area contributed by atoms with E-state index in [1.807, 2.05) is 6.92 Å². The molecule has 0 atom stereocenters. The molecule has 1 aromatic carbocycles. The van der Waals surface area contributed by atoms with Crippen molar-refractivity contribution < 1.29 is 4.74 Å². The second-order valence-electron chi connectivity index (χ2n) is 4.86. The smallest absolute Gasteiger partial charge is 0.227 e. The molecule has 0 amide bonds. The van der Waals surface area contributed by atoms with Crippen LogP contribution >= 0.6 is 0 Å². The first-order valence-corrected chi connectivity index (χ1v) is 6.92. The summed E-state index contributed by atoms with van der Waals surface area (Å²) in [5, 5.41) is 12.0. The molecule has 0 aliphatic heterocycles. The van der Waals surface area contributed by atoms with Crippen LogP contribution < -0.4 is 10.1 Å². The fraction of sp³-hybridized carbons (Fsp3) is 0.312. The van der Waals surface area contributed by atoms with Gasteiger partial charge in [0.15, 0.2) is 0 Å². The third kappa shape index (κ3) is 3.48. The van der Waals surface area contributed by atoms with Gasteiger partial charge in [0.25, 0.3) is 0 Å². The summed E-state index contributed by atoms with van der Waals surface area (Å²) in [7, 11) is 0. The zero-order valence-electron chi connectivity index (χ0n) is 12.4. The monoisotopic (exact) mass is 282 g/mol. The molecule has 0 saturated heterocycles. The van der Waals surface area contributed by atoms with Gasteiger partial charge in [-0.3, -0.25) is 0 Å². The lowest BCUT2D eigenvalue weighted by Crippen LogP contribution is -2.07. The molecule has 5 heteroatoms. The highest BCUT2D eigenvalue weighted by Crippen LogP contribution is 2.32. The topological polar surface area (TPSA) is 70.8 Å². The van der Waals surface area contributed by atoms with Gasteiger partial charge in [0, 0.05) is 6.54 Å². The van der Waals surface area contributed by atoms with Crippen molar-refractivity contribution in [1.29, 1.82) is 5.26 Å². The van der Waals surface area contributed by atoms with Gasteiger partial charge in [0.2, 0.25) is 5.88 Å². The first-order chi connectivity index (χ1) is 10.2. The van der Waals surface area contributed by atoms with Crippen molar-refractivity contribution >= 4 is 5.82 Å². The van der Waals surface area contributed by atoms with Crippen molar-refractivity contribution in [3.63, 3.8) is 0 Å². The Labute approximate surface area is 124 Å². The van der Waals surface area contributed by atoms with E-state index in [1.54, 1.807) is 24.3 Å². The van der Waals surface area contributed by atoms with Crippen molar-refractivity contribution in [2.24, 2.45) is 0 Å². The van der Waals surface area contributed by atoms with E-state index >= 15 is 0 Å². The van der Waals surface area contributed by atoms with Crippen LogP contribution in [0.4, 0.5) is 5.82 Å². The number of nitriles is 1. The maximum atomic E-state index is 8.81. The van der Waals surface area contributed by atoms with Crippen LogP contribution in [0, 0.1) is 11.3 Å². The third-order valence-electron chi connectivity index (χ3n) is 2.97. The number of benzene rings is 1. The number of aromatic nitrogens is 2. The Hall–Kier alpha value is -2.61. The van der Waals surface area contributed by atoms with Crippen molar-refractivity contribution in [1.82, 2.24) is 9.97 Å². The third-order valence-corrected chi connectivity index (χ3v) is 2.97. The normalized spacial score (nSPS) is 10.2. The molecule has 0 unspecified atom stereocenters. The standard InChI is InChI=1S/C16H18N4O/c1-4-18-15-14(11(2)3)16(20-10-19-15)21-13-7-5-12(9-17)6-8-13/h5-8,10-11H,4H2,1-3H3,(H,18,19,20). The highest BCUT2D eigenvalue weighted by Gasteiger charge is 2.16. The lowest BCUT2D eigenvalue weighted by Gasteiger charge is -2.16. The van der Waals surface area contributed by atoms with Gasteiger partial charge in [-0.15, -0.1) is 0 Å². The van der Waals surface area contributed by atoms with Gasteiger partial charge in [-0.2, -0.15) is 5.26 Å². The highest BCUT2D eigenvalue weighted by molar-refractivity contribution is 5.51. The maximum absolute atomic E-state index is 8.81. The van der Waals surface area contributed by atoms with Crippen LogP contribution in [0.2, 0.25) is 0 Å². The summed E-state index contributed by atoms with van der Waals surface area (Å²) < 4.78 is 5.86. The van der Waals surface area contributed by atoms with Crippen LogP contribution in [-0.4, -0.2) is 16.5 Å². The quantitative estimate of drug-likeness (QED) is 0.905. The Morgan fingerprint density at radius 3 is 2.52 bits per heavy atom. The van der Waals surface area contributed by atoms with Crippen molar-refractivity contribution in [3.05, 3.63) is 41.7 Å². The Kier molecular flexibility index (Phi) is 4.72. The van der Waals surface area contributed by atoms with Gasteiger partial charge in [-0.1, -0.05) is 13.8 Å². The minimum Gasteiger partial charge on any atom is -0.439 e. The summed E-state index contributed by atoms with van der Waals surface area (Å²) in [5.74, 6) is 2.22. The highest BCUT2D eigenvalue weighted by atomic mass is 16.5. The summed E-state index contributed by atoms with van der Waals surface area (Å²) in [5.41, 5.74) is 1.55. The number of nitrogens with zero attached hydrogens (tertiary/aromatic N) is 3. The second-order valence-corrected chi connectivity index (χ2v) is 4.86. The zero-order chi connectivity index (χ0) is 15.2. The van der Waals surface area contributed by atoms with Gasteiger partial charge < -0.3 is 10.1 Å². The van der Waals surface area contributed by atoms with E-state index in [0.29, 0.717) is 17.2 Å². The van der Waals surface area contributed by atoms with E-state index in [4.69, 9.17) is 10.00 Å². The molecule has 5 nitrogen and oxygen atoms in total. The Bertz CT molecular complexity index is 644. The molecule has 0 aliphatic rings. The van der Waals surface area contributed by atoms with Gasteiger partial charge in [0.05, 0.1) is 17.2 Å². The lowest BCUT2D eigenvalue weighted by atomic mass is 10.1. The molecule has 0 aliphatic carbocycles. The van der Waals surface area contributed by atoms with Crippen LogP contribution in [0.1, 0.15) is 37.8 Å². The number of anilines is 1. The SMILES string of the molecule is CCNc1ncnc(Oc2ccc(C#N)cc2)c1C(C)C. The van der Waals surface area contributed by atoms with Gasteiger partial charge in [-0.25, -0.2) is 9.97 Å². The molecular formula is C16H18N4O. The molecule has 2 aromatic rings. The summed E-state index contributed by atoms with van der Waals surface area (Å²) >= 11 is 0. The van der Waals surface area contributed by atoms with E-state index in [9.17, 15) is 0 Å². The molecule has 2 rings (SSSR count). The molecule has 1 heterocycles. The van der Waals surface area contributed by atoms with Gasteiger partial charge >= 0.3 is 0 Å². The maximum Gasteiger partial charge on any atom is 0.227 e. The van der Waals surface area contributed by atoms with E-state index in [-0.39, 0.29) is 5.92 Å². The van der Waals surface area contributed by atoms with E-state index in [0.717, 1.165) is 17.9 Å². The fourth-order valence-corrected chi connectivity index (χ4v) is 2.00. The number of ether oxygens (including phenoxy) is 1. The zero-order valence-corrected chi connectivity index (χ0v) is 12.4. The molecule has 0 spiro atoms. The lowest BCUT2D eigenvalue weighted by molar-refractivity contribution is 0.451. The van der Waals surface area contributed by atoms with Crippen LogP contribution in [0.5, 0.6) is 11.6 Å². The van der Waals surface area contributed by atoms with E-state index < -0.39 is 0 Å². The molecule has 1 aromatic heterocycles. The average Bonchev–Trinajstić information content (AvgIpc) is 2.48. The van der Waals surface area contributed by atoms with E-state index in [2.05, 4.69) is 35.2 Å². The van der Waals surface area contributed by atoms with Crippen LogP contribution in [0.3, 0.4) is 0 Å². The average molecular weight is 282 g/mol. The minimum absolute atomic E-state index is 0.230. The first kappa shape index (κ1) is 14.8. The minimum atomic E-state index is 0.230. The van der Waals surface area contributed by atoms with Crippen molar-refractivity contribution in [2.45, 2.75) is 26.7 Å². The Balaban J connectivity index is 2.34. The van der Waals surface area contributed by atoms with Crippen LogP contribution in [-0.2, 0) is 0 Å².